The number of nitrogens with two attached hydrogens (primary N) is 1. The van der Waals surface area contributed by atoms with Gasteiger partial charge >= 0.3 is 0 Å². The summed E-state index contributed by atoms with van der Waals surface area (Å²) in [5.41, 5.74) is 8.87. The monoisotopic (exact) mass is 323 g/mol. The molecule has 1 heterocycles. The van der Waals surface area contributed by atoms with E-state index in [0.717, 1.165) is 17.7 Å². The molecule has 1 nitrogen and oxygen atoms in total. The summed E-state index contributed by atoms with van der Waals surface area (Å²) in [7, 11) is 0. The summed E-state index contributed by atoms with van der Waals surface area (Å²) in [6, 6.07) is 14.2. The van der Waals surface area contributed by atoms with Crippen molar-refractivity contribution in [3.05, 3.63) is 63.6 Å². The first-order valence-corrected chi connectivity index (χ1v) is 8.30. The minimum Gasteiger partial charge on any atom is -0.327 e. The molecule has 2 unspecified atom stereocenters. The molecule has 0 radical (unpaired) electrons. The molecule has 2 N–H and O–H groups in total. The van der Waals surface area contributed by atoms with Gasteiger partial charge in [0, 0.05) is 32.7 Å². The van der Waals surface area contributed by atoms with Crippen molar-refractivity contribution in [2.24, 2.45) is 5.73 Å². The van der Waals surface area contributed by atoms with E-state index in [9.17, 15) is 0 Å². The van der Waals surface area contributed by atoms with Gasteiger partial charge in [-0.1, -0.05) is 47.5 Å². The maximum atomic E-state index is 6.43. The van der Waals surface area contributed by atoms with Crippen molar-refractivity contribution in [2.75, 3.05) is 5.75 Å². The van der Waals surface area contributed by atoms with E-state index in [1.54, 1.807) is 6.07 Å². The second kappa shape index (κ2) is 5.98. The highest BCUT2D eigenvalue weighted by Crippen LogP contribution is 2.41. The lowest BCUT2D eigenvalue weighted by molar-refractivity contribution is 0.572. The Kier molecular flexibility index (Phi) is 4.27. The summed E-state index contributed by atoms with van der Waals surface area (Å²) in [5, 5.41) is 1.36. The van der Waals surface area contributed by atoms with Crippen LogP contribution in [0.15, 0.2) is 47.4 Å². The van der Waals surface area contributed by atoms with Gasteiger partial charge in [0.1, 0.15) is 0 Å². The SMILES string of the molecule is NC(Cc1ccc(Cl)cc1Cl)C1CSc2ccccc21. The first-order valence-electron chi connectivity index (χ1n) is 6.56. The van der Waals surface area contributed by atoms with Crippen LogP contribution in [-0.2, 0) is 6.42 Å². The molecule has 4 heteroatoms. The topological polar surface area (TPSA) is 26.0 Å². The average molecular weight is 324 g/mol. The van der Waals surface area contributed by atoms with Gasteiger partial charge in [-0.25, -0.2) is 0 Å². The lowest BCUT2D eigenvalue weighted by atomic mass is 9.90. The van der Waals surface area contributed by atoms with E-state index in [2.05, 4.69) is 24.3 Å². The number of thioether (sulfide) groups is 1. The Hall–Kier alpha value is -0.670. The largest absolute Gasteiger partial charge is 0.327 e. The summed E-state index contributed by atoms with van der Waals surface area (Å²) < 4.78 is 0. The molecule has 1 aliphatic heterocycles. The zero-order valence-corrected chi connectivity index (χ0v) is 13.2. The van der Waals surface area contributed by atoms with E-state index < -0.39 is 0 Å². The van der Waals surface area contributed by atoms with Crippen LogP contribution in [0.25, 0.3) is 0 Å². The second-order valence-corrected chi connectivity index (χ2v) is 6.96. The van der Waals surface area contributed by atoms with Gasteiger partial charge < -0.3 is 5.73 Å². The number of halogens is 2. The summed E-state index contributed by atoms with van der Waals surface area (Å²) in [6.45, 7) is 0. The molecular formula is C16H15Cl2NS. The van der Waals surface area contributed by atoms with Crippen LogP contribution in [0.5, 0.6) is 0 Å². The van der Waals surface area contributed by atoms with E-state index >= 15 is 0 Å². The molecule has 0 aromatic heterocycles. The third-order valence-electron chi connectivity index (χ3n) is 3.72. The third kappa shape index (κ3) is 2.84. The van der Waals surface area contributed by atoms with Crippen LogP contribution < -0.4 is 5.73 Å². The zero-order valence-electron chi connectivity index (χ0n) is 10.9. The van der Waals surface area contributed by atoms with Gasteiger partial charge in [-0.2, -0.15) is 0 Å². The zero-order chi connectivity index (χ0) is 14.1. The molecule has 0 fully saturated rings. The van der Waals surface area contributed by atoms with Crippen molar-refractivity contribution >= 4 is 35.0 Å². The fourth-order valence-corrected chi connectivity index (χ4v) is 4.46. The maximum Gasteiger partial charge on any atom is 0.0453 e. The normalized spacial score (nSPS) is 18.9. The standard InChI is InChI=1S/C16H15Cl2NS/c17-11-6-5-10(14(18)8-11)7-15(19)13-9-20-16-4-2-1-3-12(13)16/h1-6,8,13,15H,7,9,19H2. The minimum atomic E-state index is 0.0739. The fourth-order valence-electron chi connectivity index (χ4n) is 2.63. The lowest BCUT2D eigenvalue weighted by Crippen LogP contribution is -2.31. The van der Waals surface area contributed by atoms with Crippen LogP contribution in [0.3, 0.4) is 0 Å². The van der Waals surface area contributed by atoms with E-state index in [-0.39, 0.29) is 6.04 Å². The van der Waals surface area contributed by atoms with Crippen LogP contribution >= 0.6 is 35.0 Å². The Morgan fingerprint density at radius 1 is 1.20 bits per heavy atom. The van der Waals surface area contributed by atoms with E-state index in [0.29, 0.717) is 16.0 Å². The highest BCUT2D eigenvalue weighted by atomic mass is 35.5. The minimum absolute atomic E-state index is 0.0739. The van der Waals surface area contributed by atoms with Gasteiger partial charge in [0.05, 0.1) is 0 Å². The molecular weight excluding hydrogens is 309 g/mol. The van der Waals surface area contributed by atoms with Gasteiger partial charge in [0.25, 0.3) is 0 Å². The smallest absolute Gasteiger partial charge is 0.0453 e. The van der Waals surface area contributed by atoms with Crippen LogP contribution in [0, 0.1) is 0 Å². The molecule has 0 aliphatic carbocycles. The van der Waals surface area contributed by atoms with Crippen molar-refractivity contribution in [3.8, 4) is 0 Å². The lowest BCUT2D eigenvalue weighted by Gasteiger charge is -2.20. The molecule has 2 atom stereocenters. The molecule has 104 valence electrons. The molecule has 1 aliphatic rings. The number of fused-ring (bicyclic) bond motifs is 1. The van der Waals surface area contributed by atoms with E-state index in [1.807, 2.05) is 23.9 Å². The van der Waals surface area contributed by atoms with Crippen LogP contribution in [-0.4, -0.2) is 11.8 Å². The molecule has 2 aromatic rings. The molecule has 3 rings (SSSR count). The Morgan fingerprint density at radius 2 is 2.00 bits per heavy atom. The van der Waals surface area contributed by atoms with Crippen molar-refractivity contribution < 1.29 is 0 Å². The molecule has 0 saturated heterocycles. The summed E-state index contributed by atoms with van der Waals surface area (Å²) in [6.07, 6.45) is 0.773. The van der Waals surface area contributed by atoms with Gasteiger partial charge in [-0.15, -0.1) is 11.8 Å². The Balaban J connectivity index is 1.79. The number of rotatable bonds is 3. The first-order chi connectivity index (χ1) is 9.65. The second-order valence-electron chi connectivity index (χ2n) is 5.06. The summed E-state index contributed by atoms with van der Waals surface area (Å²) in [4.78, 5) is 1.36. The van der Waals surface area contributed by atoms with Crippen molar-refractivity contribution in [1.82, 2.24) is 0 Å². The highest BCUT2D eigenvalue weighted by molar-refractivity contribution is 7.99. The molecule has 0 bridgehead atoms. The van der Waals surface area contributed by atoms with Gasteiger partial charge in [0.2, 0.25) is 0 Å². The Morgan fingerprint density at radius 3 is 2.80 bits per heavy atom. The molecule has 2 aromatic carbocycles. The third-order valence-corrected chi connectivity index (χ3v) is 5.52. The summed E-state index contributed by atoms with van der Waals surface area (Å²) in [5.74, 6) is 1.44. The summed E-state index contributed by atoms with van der Waals surface area (Å²) >= 11 is 14.1. The molecule has 0 amide bonds. The number of hydrogen-bond donors (Lipinski definition) is 1. The molecule has 0 saturated carbocycles. The predicted molar refractivity (Wildman–Crippen MR) is 88.0 cm³/mol. The van der Waals surface area contributed by atoms with Gasteiger partial charge in [-0.3, -0.25) is 0 Å². The number of hydrogen-bond acceptors (Lipinski definition) is 2. The van der Waals surface area contributed by atoms with E-state index in [4.69, 9.17) is 28.9 Å². The van der Waals surface area contributed by atoms with Crippen LogP contribution in [0.4, 0.5) is 0 Å². The molecule has 0 spiro atoms. The first kappa shape index (κ1) is 14.3. The van der Waals surface area contributed by atoms with Crippen molar-refractivity contribution in [2.45, 2.75) is 23.3 Å². The Bertz CT molecular complexity index is 630. The van der Waals surface area contributed by atoms with E-state index in [1.165, 1.54) is 10.5 Å². The Labute approximate surface area is 133 Å². The fraction of sp³-hybridized carbons (Fsp3) is 0.250. The average Bonchev–Trinajstić information content (AvgIpc) is 2.86. The van der Waals surface area contributed by atoms with Crippen molar-refractivity contribution in [1.29, 1.82) is 0 Å². The van der Waals surface area contributed by atoms with Gasteiger partial charge in [0.15, 0.2) is 0 Å². The predicted octanol–water partition coefficient (Wildman–Crippen LogP) is 4.75. The van der Waals surface area contributed by atoms with Crippen molar-refractivity contribution in [3.63, 3.8) is 0 Å². The van der Waals surface area contributed by atoms with Crippen LogP contribution in [0.2, 0.25) is 10.0 Å². The molecule has 20 heavy (non-hydrogen) atoms. The quantitative estimate of drug-likeness (QED) is 0.881. The van der Waals surface area contributed by atoms with Gasteiger partial charge in [-0.05, 0) is 35.7 Å². The van der Waals surface area contributed by atoms with Crippen LogP contribution in [0.1, 0.15) is 17.0 Å². The highest BCUT2D eigenvalue weighted by Gasteiger charge is 2.28. The number of benzene rings is 2. The maximum absolute atomic E-state index is 6.43.